The lowest BCUT2D eigenvalue weighted by atomic mass is 10.1. The van der Waals surface area contributed by atoms with Crippen molar-refractivity contribution < 1.29 is 4.79 Å². The second-order valence-corrected chi connectivity index (χ2v) is 6.33. The van der Waals surface area contributed by atoms with E-state index in [0.717, 1.165) is 22.1 Å². The Kier molecular flexibility index (Phi) is 5.64. The van der Waals surface area contributed by atoms with Gasteiger partial charge in [-0.15, -0.1) is 11.8 Å². The van der Waals surface area contributed by atoms with Gasteiger partial charge in [-0.1, -0.05) is 72.8 Å². The molecule has 0 aliphatic heterocycles. The van der Waals surface area contributed by atoms with Crippen LogP contribution in [0.5, 0.6) is 0 Å². The molecule has 0 unspecified atom stereocenters. The van der Waals surface area contributed by atoms with Gasteiger partial charge in [-0.25, -0.2) is 5.43 Å². The Balaban J connectivity index is 1.51. The number of hydrogen-bond acceptors (Lipinski definition) is 3. The maximum atomic E-state index is 11.8. The first-order valence-corrected chi connectivity index (χ1v) is 8.90. The minimum atomic E-state index is -0.0904. The van der Waals surface area contributed by atoms with Gasteiger partial charge in [0.2, 0.25) is 5.91 Å². The van der Waals surface area contributed by atoms with Crippen molar-refractivity contribution in [2.45, 2.75) is 5.75 Å². The molecular weight excluding hydrogens is 316 g/mol. The smallest absolute Gasteiger partial charge is 0.250 e. The van der Waals surface area contributed by atoms with Crippen LogP contribution in [0.3, 0.4) is 0 Å². The molecule has 3 aromatic rings. The first-order valence-electron chi connectivity index (χ1n) is 7.74. The fourth-order valence-corrected chi connectivity index (χ4v) is 3.19. The van der Waals surface area contributed by atoms with Gasteiger partial charge >= 0.3 is 0 Å². The largest absolute Gasteiger partial charge is 0.272 e. The summed E-state index contributed by atoms with van der Waals surface area (Å²) in [5.41, 5.74) is 4.80. The van der Waals surface area contributed by atoms with E-state index in [-0.39, 0.29) is 5.91 Å². The highest BCUT2D eigenvalue weighted by Crippen LogP contribution is 2.16. The summed E-state index contributed by atoms with van der Waals surface area (Å²) in [6, 6.07) is 24.3. The summed E-state index contributed by atoms with van der Waals surface area (Å²) < 4.78 is 0. The summed E-state index contributed by atoms with van der Waals surface area (Å²) in [6.07, 6.45) is 1.70. The van der Waals surface area contributed by atoms with E-state index in [4.69, 9.17) is 0 Å². The normalized spacial score (nSPS) is 11.0. The molecule has 0 aliphatic rings. The third-order valence-corrected chi connectivity index (χ3v) is 4.56. The molecule has 3 aromatic carbocycles. The Bertz CT molecular complexity index is 841. The summed E-state index contributed by atoms with van der Waals surface area (Å²) in [5, 5.41) is 6.36. The van der Waals surface area contributed by atoms with E-state index in [1.807, 2.05) is 48.5 Å². The van der Waals surface area contributed by atoms with Crippen LogP contribution in [0.15, 0.2) is 77.9 Å². The first kappa shape index (κ1) is 16.3. The second-order valence-electron chi connectivity index (χ2n) is 5.34. The van der Waals surface area contributed by atoms with Gasteiger partial charge in [0.25, 0.3) is 0 Å². The third-order valence-electron chi connectivity index (χ3n) is 3.56. The topological polar surface area (TPSA) is 41.5 Å². The molecule has 4 heteroatoms. The van der Waals surface area contributed by atoms with E-state index in [1.165, 1.54) is 5.56 Å². The molecule has 0 saturated carbocycles. The number of fused-ring (bicyclic) bond motifs is 1. The highest BCUT2D eigenvalue weighted by molar-refractivity contribution is 7.99. The van der Waals surface area contributed by atoms with Crippen molar-refractivity contribution in [2.75, 3.05) is 5.75 Å². The minimum absolute atomic E-state index is 0.0904. The standard InChI is InChI=1S/C20H18N2OS/c23-20(15-24-14-16-7-2-1-3-8-16)22-21-13-18-11-6-10-17-9-4-5-12-19(17)18/h1-13H,14-15H2,(H,22,23)/b21-13-. The van der Waals surface area contributed by atoms with Crippen molar-refractivity contribution in [1.29, 1.82) is 0 Å². The van der Waals surface area contributed by atoms with Crippen LogP contribution in [-0.2, 0) is 10.5 Å². The molecule has 0 aliphatic carbocycles. The van der Waals surface area contributed by atoms with Gasteiger partial charge in [0.1, 0.15) is 0 Å². The van der Waals surface area contributed by atoms with Crippen molar-refractivity contribution >= 4 is 34.7 Å². The SMILES string of the molecule is O=C(CSCc1ccccc1)N/N=C\c1cccc2ccccc12. The zero-order valence-corrected chi connectivity index (χ0v) is 14.0. The Morgan fingerprint density at radius 2 is 1.71 bits per heavy atom. The van der Waals surface area contributed by atoms with Gasteiger partial charge in [0.15, 0.2) is 0 Å². The monoisotopic (exact) mass is 334 g/mol. The van der Waals surface area contributed by atoms with Crippen molar-refractivity contribution in [3.8, 4) is 0 Å². The van der Waals surface area contributed by atoms with E-state index in [0.29, 0.717) is 5.75 Å². The van der Waals surface area contributed by atoms with E-state index < -0.39 is 0 Å². The fourth-order valence-electron chi connectivity index (χ4n) is 2.40. The van der Waals surface area contributed by atoms with Crippen LogP contribution in [-0.4, -0.2) is 17.9 Å². The van der Waals surface area contributed by atoms with Gasteiger partial charge in [-0.05, 0) is 16.3 Å². The Hall–Kier alpha value is -2.59. The summed E-state index contributed by atoms with van der Waals surface area (Å²) in [7, 11) is 0. The van der Waals surface area contributed by atoms with Crippen LogP contribution in [0.1, 0.15) is 11.1 Å². The molecule has 120 valence electrons. The summed E-state index contributed by atoms with van der Waals surface area (Å²) >= 11 is 1.58. The molecule has 3 nitrogen and oxygen atoms in total. The van der Waals surface area contributed by atoms with E-state index in [9.17, 15) is 4.79 Å². The molecule has 1 N–H and O–H groups in total. The summed E-state index contributed by atoms with van der Waals surface area (Å²) in [4.78, 5) is 11.8. The van der Waals surface area contributed by atoms with E-state index in [1.54, 1.807) is 18.0 Å². The third kappa shape index (κ3) is 4.46. The minimum Gasteiger partial charge on any atom is -0.272 e. The Morgan fingerprint density at radius 1 is 0.958 bits per heavy atom. The molecule has 1 amide bonds. The van der Waals surface area contributed by atoms with Crippen molar-refractivity contribution in [2.24, 2.45) is 5.10 Å². The molecule has 0 spiro atoms. The number of hydrogen-bond donors (Lipinski definition) is 1. The average molecular weight is 334 g/mol. The lowest BCUT2D eigenvalue weighted by Gasteiger charge is -2.02. The van der Waals surface area contributed by atoms with Crippen LogP contribution < -0.4 is 5.43 Å². The first-order chi connectivity index (χ1) is 11.8. The maximum absolute atomic E-state index is 11.8. The fraction of sp³-hybridized carbons (Fsp3) is 0.100. The van der Waals surface area contributed by atoms with Gasteiger partial charge in [0.05, 0.1) is 12.0 Å². The quantitative estimate of drug-likeness (QED) is 0.541. The lowest BCUT2D eigenvalue weighted by Crippen LogP contribution is -2.19. The zero-order valence-electron chi connectivity index (χ0n) is 13.2. The molecule has 0 bridgehead atoms. The number of benzene rings is 3. The number of thioether (sulfide) groups is 1. The number of rotatable bonds is 6. The van der Waals surface area contributed by atoms with Crippen LogP contribution >= 0.6 is 11.8 Å². The van der Waals surface area contributed by atoms with Crippen LogP contribution in [0.2, 0.25) is 0 Å². The van der Waals surface area contributed by atoms with Crippen molar-refractivity contribution in [1.82, 2.24) is 5.43 Å². The predicted octanol–water partition coefficient (Wildman–Crippen LogP) is 4.22. The van der Waals surface area contributed by atoms with Gasteiger partial charge < -0.3 is 0 Å². The maximum Gasteiger partial charge on any atom is 0.250 e. The van der Waals surface area contributed by atoms with Gasteiger partial charge in [0, 0.05) is 11.3 Å². The van der Waals surface area contributed by atoms with Crippen LogP contribution in [0.25, 0.3) is 10.8 Å². The predicted molar refractivity (Wildman–Crippen MR) is 102 cm³/mol. The summed E-state index contributed by atoms with van der Waals surface area (Å²) in [6.45, 7) is 0. The van der Waals surface area contributed by atoms with Crippen molar-refractivity contribution in [3.05, 3.63) is 83.9 Å². The number of carbonyl (C=O) groups is 1. The number of hydrazone groups is 1. The molecule has 0 fully saturated rings. The van der Waals surface area contributed by atoms with Gasteiger partial charge in [-0.2, -0.15) is 5.10 Å². The number of amides is 1. The number of nitrogens with one attached hydrogen (secondary N) is 1. The highest BCUT2D eigenvalue weighted by Gasteiger charge is 2.01. The van der Waals surface area contributed by atoms with Gasteiger partial charge in [-0.3, -0.25) is 4.79 Å². The second kappa shape index (κ2) is 8.31. The molecular formula is C20H18N2OS. The lowest BCUT2D eigenvalue weighted by molar-refractivity contribution is -0.118. The van der Waals surface area contributed by atoms with Crippen molar-refractivity contribution in [3.63, 3.8) is 0 Å². The molecule has 0 saturated heterocycles. The summed E-state index contributed by atoms with van der Waals surface area (Å²) in [5.74, 6) is 1.12. The molecule has 24 heavy (non-hydrogen) atoms. The molecule has 0 aromatic heterocycles. The number of nitrogens with zero attached hydrogens (tertiary/aromatic N) is 1. The van der Waals surface area contributed by atoms with Crippen LogP contribution in [0, 0.1) is 0 Å². The molecule has 0 radical (unpaired) electrons. The van der Waals surface area contributed by atoms with E-state index >= 15 is 0 Å². The van der Waals surface area contributed by atoms with Crippen LogP contribution in [0.4, 0.5) is 0 Å². The highest BCUT2D eigenvalue weighted by atomic mass is 32.2. The Morgan fingerprint density at radius 3 is 2.58 bits per heavy atom. The molecule has 3 rings (SSSR count). The molecule has 0 atom stereocenters. The Labute approximate surface area is 145 Å². The van der Waals surface area contributed by atoms with E-state index in [2.05, 4.69) is 34.8 Å². The zero-order chi connectivity index (χ0) is 16.6. The number of carbonyl (C=O) groups excluding carboxylic acids is 1. The average Bonchev–Trinajstić information content (AvgIpc) is 2.63. The molecule has 0 heterocycles.